The number of hydrogen-bond donors (Lipinski definition) is 0. The maximum absolute atomic E-state index is 2.97. The molecule has 0 radical (unpaired) electrons. The van der Waals surface area contributed by atoms with Crippen molar-refractivity contribution in [2.45, 2.75) is 0 Å². The van der Waals surface area contributed by atoms with Crippen LogP contribution in [0, 0.1) is 0 Å². The summed E-state index contributed by atoms with van der Waals surface area (Å²) in [4.78, 5) is 0. The highest BCUT2D eigenvalue weighted by atomic mass is 32.1. The monoisotopic (exact) mass is 1250 g/mol. The summed E-state index contributed by atoms with van der Waals surface area (Å²) in [6.45, 7) is 0. The van der Waals surface area contributed by atoms with Crippen LogP contribution >= 0.6 is 45.3 Å². The van der Waals surface area contributed by atoms with E-state index in [0.29, 0.717) is 0 Å². The molecule has 0 aliphatic heterocycles. The molecule has 0 aliphatic rings. The summed E-state index contributed by atoms with van der Waals surface area (Å²) < 4.78 is 10.7. The van der Waals surface area contributed by atoms with Crippen molar-refractivity contribution in [2.75, 3.05) is 0 Å². The number of rotatable bonds is 11. The number of fused-ring (bicyclic) bond motifs is 12. The average Bonchev–Trinajstić information content (AvgIpc) is 1.25. The maximum atomic E-state index is 2.54. The zero-order valence-corrected chi connectivity index (χ0v) is 54.1. The summed E-state index contributed by atoms with van der Waals surface area (Å²) in [6, 6.07) is 125. The van der Waals surface area contributed by atoms with E-state index in [9.17, 15) is 0 Å². The van der Waals surface area contributed by atoms with Gasteiger partial charge in [0.25, 0.3) is 0 Å². The SMILES string of the molecule is c1ccc([Si](c2ccccc2)(c2cccc(-c3ccc4sc5ccccc5c4c3)c2)c2cccc(-c3cccc4c3sc3cc(-c5ccc6sc7c([Si](c8ccccc8)(c8ccccc8)c8cccc9c8sc8ccccc89)cccc7c6c5)ccc34)c2)cc1. The fraction of sp³-hybridized carbons (Fsp3) is 0. The zero-order valence-electron chi connectivity index (χ0n) is 48.8. The van der Waals surface area contributed by atoms with Crippen LogP contribution in [-0.4, -0.2) is 16.1 Å². The molecule has 18 aromatic rings. The molecule has 18 rings (SSSR count). The highest BCUT2D eigenvalue weighted by Gasteiger charge is 2.45. The van der Waals surface area contributed by atoms with E-state index in [1.54, 1.807) is 0 Å². The molecule has 0 fully saturated rings. The molecule has 0 unspecified atom stereocenters. The second-order valence-electron chi connectivity index (χ2n) is 23.7. The summed E-state index contributed by atoms with van der Waals surface area (Å²) in [7, 11) is -5.93. The lowest BCUT2D eigenvalue weighted by molar-refractivity contribution is 1.64. The molecule has 0 N–H and O–H groups in total. The molecule has 0 amide bonds. The molecular formula is C84H54S4Si2. The van der Waals surface area contributed by atoms with Crippen LogP contribution < -0.4 is 41.5 Å². The molecule has 422 valence electrons. The van der Waals surface area contributed by atoms with Gasteiger partial charge in [-0.15, -0.1) is 45.3 Å². The van der Waals surface area contributed by atoms with Crippen molar-refractivity contribution in [1.82, 2.24) is 0 Å². The molecule has 4 heterocycles. The standard InChI is InChI=1S/C84H54S4Si2/c1-5-24-60(25-6-1)89(61-26-7-2-8-27-61,64-32-17-22-55(50-64)56-45-48-77-73(52-56)68-35-14-15-40-75(68)85-77)65-33-18-23-59(51-65)66-36-19-37-70-69-47-44-58(54-79(69)88-82(66)70)57-46-49-78-74(53-57)72-39-21-43-81(84(72)87-78)90(62-28-9-3-10-29-62,63-30-11-4-12-31-63)80-42-20-38-71-67-34-13-16-41-76(67)86-83(71)80/h1-54H. The zero-order chi connectivity index (χ0) is 59.3. The van der Waals surface area contributed by atoms with Crippen molar-refractivity contribution in [1.29, 1.82) is 0 Å². The van der Waals surface area contributed by atoms with Crippen LogP contribution in [0.25, 0.3) is 114 Å². The first-order valence-corrected chi connectivity index (χ1v) is 38.0. The third-order valence-electron chi connectivity index (χ3n) is 19.0. The van der Waals surface area contributed by atoms with Gasteiger partial charge in [0.1, 0.15) is 0 Å². The van der Waals surface area contributed by atoms with Gasteiger partial charge in [0.15, 0.2) is 16.1 Å². The van der Waals surface area contributed by atoms with Crippen LogP contribution in [0.1, 0.15) is 0 Å². The first kappa shape index (κ1) is 53.4. The van der Waals surface area contributed by atoms with Gasteiger partial charge in [0, 0.05) is 80.7 Å². The lowest BCUT2D eigenvalue weighted by Crippen LogP contribution is -2.74. The summed E-state index contributed by atoms with van der Waals surface area (Å²) in [5.74, 6) is 0. The molecule has 0 aliphatic carbocycles. The third-order valence-corrected chi connectivity index (χ3v) is 33.7. The lowest BCUT2D eigenvalue weighted by atomic mass is 10.00. The summed E-state index contributed by atoms with van der Waals surface area (Å²) in [5, 5.41) is 21.7. The second kappa shape index (κ2) is 21.6. The Balaban J connectivity index is 0.762. The topological polar surface area (TPSA) is 0 Å². The maximum Gasteiger partial charge on any atom is 0.182 e. The Kier molecular flexibility index (Phi) is 12.8. The Morgan fingerprint density at radius 3 is 1.12 bits per heavy atom. The summed E-state index contributed by atoms with van der Waals surface area (Å²) in [5.41, 5.74) is 7.44. The molecule has 0 bridgehead atoms. The van der Waals surface area contributed by atoms with Crippen molar-refractivity contribution in [2.24, 2.45) is 0 Å². The molecule has 90 heavy (non-hydrogen) atoms. The van der Waals surface area contributed by atoms with Gasteiger partial charge in [0.2, 0.25) is 0 Å². The highest BCUT2D eigenvalue weighted by molar-refractivity contribution is 7.34. The Bertz CT molecular complexity index is 5720. The van der Waals surface area contributed by atoms with Gasteiger partial charge in [-0.05, 0) is 117 Å². The third kappa shape index (κ3) is 8.33. The van der Waals surface area contributed by atoms with Crippen LogP contribution in [-0.2, 0) is 0 Å². The Morgan fingerprint density at radius 1 is 0.178 bits per heavy atom. The van der Waals surface area contributed by atoms with Gasteiger partial charge < -0.3 is 0 Å². The van der Waals surface area contributed by atoms with E-state index in [2.05, 4.69) is 328 Å². The smallest absolute Gasteiger partial charge is 0.135 e. The molecule has 0 spiro atoms. The fourth-order valence-electron chi connectivity index (χ4n) is 15.0. The number of hydrogen-bond acceptors (Lipinski definition) is 4. The second-order valence-corrected chi connectivity index (χ2v) is 35.5. The van der Waals surface area contributed by atoms with E-state index >= 15 is 0 Å². The van der Waals surface area contributed by atoms with Crippen LogP contribution in [0.3, 0.4) is 0 Å². The van der Waals surface area contributed by atoms with Crippen molar-refractivity contribution < 1.29 is 0 Å². The molecular weight excluding hydrogens is 1190 g/mol. The van der Waals surface area contributed by atoms with Crippen LogP contribution in [0.5, 0.6) is 0 Å². The van der Waals surface area contributed by atoms with Crippen molar-refractivity contribution in [3.8, 4) is 33.4 Å². The molecule has 0 saturated heterocycles. The minimum atomic E-state index is -2.97. The van der Waals surface area contributed by atoms with Crippen molar-refractivity contribution in [3.05, 3.63) is 328 Å². The normalized spacial score (nSPS) is 12.2. The molecule has 4 aromatic heterocycles. The summed E-state index contributed by atoms with van der Waals surface area (Å²) >= 11 is 7.71. The van der Waals surface area contributed by atoms with Crippen molar-refractivity contribution in [3.63, 3.8) is 0 Å². The van der Waals surface area contributed by atoms with Crippen molar-refractivity contribution >= 4 is 184 Å². The predicted molar refractivity (Wildman–Crippen MR) is 402 cm³/mol. The van der Waals surface area contributed by atoms with Gasteiger partial charge in [-0.1, -0.05) is 285 Å². The predicted octanol–water partition coefficient (Wildman–Crippen LogP) is 18.9. The Hall–Kier alpha value is -9.61. The minimum Gasteiger partial charge on any atom is -0.135 e. The number of benzene rings is 14. The Morgan fingerprint density at radius 2 is 0.533 bits per heavy atom. The van der Waals surface area contributed by atoms with Gasteiger partial charge in [0.05, 0.1) is 0 Å². The molecule has 14 aromatic carbocycles. The van der Waals surface area contributed by atoms with E-state index in [-0.39, 0.29) is 0 Å². The van der Waals surface area contributed by atoms with E-state index in [0.717, 1.165) is 0 Å². The molecule has 6 heteroatoms. The van der Waals surface area contributed by atoms with Crippen LogP contribution in [0.2, 0.25) is 0 Å². The van der Waals surface area contributed by atoms with E-state index in [4.69, 9.17) is 0 Å². The van der Waals surface area contributed by atoms with E-state index in [1.807, 2.05) is 45.3 Å². The highest BCUT2D eigenvalue weighted by Crippen LogP contribution is 2.44. The van der Waals surface area contributed by atoms with Crippen LogP contribution in [0.15, 0.2) is 328 Å². The van der Waals surface area contributed by atoms with Gasteiger partial charge in [-0.3, -0.25) is 0 Å². The average molecular weight is 1250 g/mol. The first-order valence-electron chi connectivity index (χ1n) is 30.8. The fourth-order valence-corrected chi connectivity index (χ4v) is 30.5. The van der Waals surface area contributed by atoms with Crippen LogP contribution in [0.4, 0.5) is 0 Å². The van der Waals surface area contributed by atoms with E-state index in [1.165, 1.54) is 156 Å². The lowest BCUT2D eigenvalue weighted by Gasteiger charge is -2.35. The molecule has 0 atom stereocenters. The largest absolute Gasteiger partial charge is 0.182 e. The number of thiophene rings is 4. The van der Waals surface area contributed by atoms with Gasteiger partial charge >= 0.3 is 0 Å². The Labute approximate surface area is 540 Å². The van der Waals surface area contributed by atoms with Gasteiger partial charge in [-0.25, -0.2) is 0 Å². The molecule has 0 saturated carbocycles. The summed E-state index contributed by atoms with van der Waals surface area (Å²) in [6.07, 6.45) is 0. The minimum absolute atomic E-state index is 1.23. The van der Waals surface area contributed by atoms with Gasteiger partial charge in [-0.2, -0.15) is 0 Å². The van der Waals surface area contributed by atoms with E-state index < -0.39 is 16.1 Å². The quantitative estimate of drug-likeness (QED) is 0.0894. The molecule has 0 nitrogen and oxygen atoms in total. The first-order chi connectivity index (χ1) is 44.6.